The van der Waals surface area contributed by atoms with Gasteiger partial charge in [-0.2, -0.15) is 0 Å². The molecule has 0 aliphatic carbocycles. The maximum Gasteiger partial charge on any atom is 0.406 e. The van der Waals surface area contributed by atoms with Gasteiger partial charge in [0.1, 0.15) is 6.61 Å². The van der Waals surface area contributed by atoms with Gasteiger partial charge in [-0.15, -0.1) is 0 Å². The summed E-state index contributed by atoms with van der Waals surface area (Å²) in [6.45, 7) is -0.0266. The Balaban J connectivity index is 2.10. The van der Waals surface area contributed by atoms with Gasteiger partial charge in [-0.3, -0.25) is 9.36 Å². The Bertz CT molecular complexity index is 680. The molecule has 0 saturated carbocycles. The van der Waals surface area contributed by atoms with Crippen LogP contribution in [0.4, 0.5) is 23.0 Å². The van der Waals surface area contributed by atoms with Crippen molar-refractivity contribution in [1.82, 2.24) is 9.55 Å². The molecule has 9 heteroatoms. The monoisotopic (exact) mass is 305 g/mol. The molecule has 0 unspecified atom stereocenters. The third-order valence-electron chi connectivity index (χ3n) is 2.80. The highest BCUT2D eigenvalue weighted by atomic mass is 16.6. The first-order valence-corrected chi connectivity index (χ1v) is 6.33. The van der Waals surface area contributed by atoms with Gasteiger partial charge in [-0.25, -0.2) is 0 Å². The summed E-state index contributed by atoms with van der Waals surface area (Å²) in [5.41, 5.74) is 1.24. The molecule has 0 fully saturated rings. The summed E-state index contributed by atoms with van der Waals surface area (Å²) >= 11 is 0. The lowest BCUT2D eigenvalue weighted by Gasteiger charge is -2.08. The van der Waals surface area contributed by atoms with Crippen molar-refractivity contribution in [2.75, 3.05) is 24.4 Å². The standard InChI is InChI=1S/C13H15N5O4/c1-17-8-14-12(18(20)21)13(17)16-10-5-3-9(4-6-10)15-11(19)7-22-2/h3-6,8,16H,7H2,1-2H3,(H,15,19). The molecule has 0 aliphatic heterocycles. The van der Waals surface area contributed by atoms with E-state index in [9.17, 15) is 14.9 Å². The molecule has 22 heavy (non-hydrogen) atoms. The minimum absolute atomic E-state index is 0.0266. The van der Waals surface area contributed by atoms with E-state index in [2.05, 4.69) is 15.6 Å². The summed E-state index contributed by atoms with van der Waals surface area (Å²) in [5.74, 6) is -0.230. The second kappa shape index (κ2) is 6.68. The number of methoxy groups -OCH3 is 1. The predicted molar refractivity (Wildman–Crippen MR) is 80.1 cm³/mol. The first-order valence-electron chi connectivity index (χ1n) is 6.33. The lowest BCUT2D eigenvalue weighted by atomic mass is 10.2. The first kappa shape index (κ1) is 15.4. The molecule has 0 atom stereocenters. The summed E-state index contributed by atoms with van der Waals surface area (Å²) in [5, 5.41) is 16.5. The normalized spacial score (nSPS) is 10.3. The molecule has 0 radical (unpaired) electrons. The number of nitrogens with zero attached hydrogens (tertiary/aromatic N) is 3. The second-order valence-electron chi connectivity index (χ2n) is 4.47. The lowest BCUT2D eigenvalue weighted by molar-refractivity contribution is -0.388. The van der Waals surface area contributed by atoms with Crippen LogP contribution >= 0.6 is 0 Å². The summed E-state index contributed by atoms with van der Waals surface area (Å²) in [7, 11) is 3.09. The zero-order valence-corrected chi connectivity index (χ0v) is 12.1. The van der Waals surface area contributed by atoms with Gasteiger partial charge >= 0.3 is 5.82 Å². The SMILES string of the molecule is COCC(=O)Nc1ccc(Nc2c([N+](=O)[O-])ncn2C)cc1. The Hall–Kier alpha value is -2.94. The van der Waals surface area contributed by atoms with Crippen molar-refractivity contribution < 1.29 is 14.5 Å². The van der Waals surface area contributed by atoms with E-state index in [1.165, 1.54) is 18.0 Å². The van der Waals surface area contributed by atoms with Crippen LogP contribution in [0, 0.1) is 10.1 Å². The van der Waals surface area contributed by atoms with Crippen molar-refractivity contribution >= 4 is 28.9 Å². The number of benzene rings is 1. The van der Waals surface area contributed by atoms with Crippen molar-refractivity contribution in [1.29, 1.82) is 0 Å². The van der Waals surface area contributed by atoms with Gasteiger partial charge in [-0.1, -0.05) is 0 Å². The fourth-order valence-electron chi connectivity index (χ4n) is 1.80. The summed E-state index contributed by atoms with van der Waals surface area (Å²) in [4.78, 5) is 25.4. The van der Waals surface area contributed by atoms with Crippen molar-refractivity contribution in [3.05, 3.63) is 40.7 Å². The van der Waals surface area contributed by atoms with E-state index in [1.54, 1.807) is 31.3 Å². The summed E-state index contributed by atoms with van der Waals surface area (Å²) < 4.78 is 6.24. The fraction of sp³-hybridized carbons (Fsp3) is 0.231. The van der Waals surface area contributed by atoms with Crippen molar-refractivity contribution in [3.63, 3.8) is 0 Å². The van der Waals surface area contributed by atoms with E-state index < -0.39 is 4.92 Å². The van der Waals surface area contributed by atoms with Crippen LogP contribution in [0.3, 0.4) is 0 Å². The van der Waals surface area contributed by atoms with Crippen LogP contribution in [0.5, 0.6) is 0 Å². The minimum Gasteiger partial charge on any atom is -0.375 e. The molecule has 2 rings (SSSR count). The highest BCUT2D eigenvalue weighted by Crippen LogP contribution is 2.26. The maximum absolute atomic E-state index is 11.4. The van der Waals surface area contributed by atoms with E-state index in [1.807, 2.05) is 0 Å². The van der Waals surface area contributed by atoms with Crippen LogP contribution in [0.15, 0.2) is 30.6 Å². The molecule has 0 aliphatic rings. The highest BCUT2D eigenvalue weighted by Gasteiger charge is 2.19. The molecular weight excluding hydrogens is 290 g/mol. The third-order valence-corrected chi connectivity index (χ3v) is 2.80. The number of aromatic nitrogens is 2. The number of carbonyl (C=O) groups is 1. The molecule has 1 heterocycles. The van der Waals surface area contributed by atoms with Crippen LogP contribution < -0.4 is 10.6 Å². The number of aryl methyl sites for hydroxylation is 1. The Morgan fingerprint density at radius 1 is 1.36 bits per heavy atom. The third kappa shape index (κ3) is 3.58. The van der Waals surface area contributed by atoms with Crippen LogP contribution in [0.25, 0.3) is 0 Å². The second-order valence-corrected chi connectivity index (χ2v) is 4.47. The predicted octanol–water partition coefficient (Wildman–Crippen LogP) is 1.66. The van der Waals surface area contributed by atoms with Gasteiger partial charge in [0.25, 0.3) is 0 Å². The molecule has 0 spiro atoms. The van der Waals surface area contributed by atoms with Crippen LogP contribution in [0.2, 0.25) is 0 Å². The van der Waals surface area contributed by atoms with Gasteiger partial charge in [0.15, 0.2) is 0 Å². The highest BCUT2D eigenvalue weighted by molar-refractivity contribution is 5.91. The van der Waals surface area contributed by atoms with Gasteiger partial charge < -0.3 is 25.5 Å². The topological polar surface area (TPSA) is 111 Å². The van der Waals surface area contributed by atoms with E-state index in [4.69, 9.17) is 4.74 Å². The number of amides is 1. The number of nitro groups is 1. The van der Waals surface area contributed by atoms with Crippen LogP contribution in [0.1, 0.15) is 0 Å². The maximum atomic E-state index is 11.4. The zero-order valence-electron chi connectivity index (χ0n) is 12.1. The number of nitrogens with one attached hydrogen (secondary N) is 2. The van der Waals surface area contributed by atoms with E-state index in [0.717, 1.165) is 0 Å². The first-order chi connectivity index (χ1) is 10.5. The number of hydrogen-bond acceptors (Lipinski definition) is 6. The van der Waals surface area contributed by atoms with Gasteiger partial charge in [0.05, 0.1) is 0 Å². The molecule has 1 aromatic heterocycles. The summed E-state index contributed by atoms with van der Waals surface area (Å²) in [6.07, 6.45) is 1.36. The molecule has 1 amide bonds. The average molecular weight is 305 g/mol. The Morgan fingerprint density at radius 3 is 2.59 bits per heavy atom. The molecule has 2 aromatic rings. The number of anilines is 3. The van der Waals surface area contributed by atoms with Gasteiger partial charge in [-0.05, 0) is 34.2 Å². The number of carbonyl (C=O) groups excluding carboxylic acids is 1. The largest absolute Gasteiger partial charge is 0.406 e. The smallest absolute Gasteiger partial charge is 0.375 e. The number of ether oxygens (including phenoxy) is 1. The Labute approximate surface area is 126 Å². The van der Waals surface area contributed by atoms with Crippen LogP contribution in [-0.2, 0) is 16.6 Å². The molecule has 0 bridgehead atoms. The van der Waals surface area contributed by atoms with Gasteiger partial charge in [0, 0.05) is 25.5 Å². The van der Waals surface area contributed by atoms with E-state index in [0.29, 0.717) is 11.4 Å². The molecule has 116 valence electrons. The Kier molecular flexibility index (Phi) is 4.69. The van der Waals surface area contributed by atoms with E-state index in [-0.39, 0.29) is 24.1 Å². The average Bonchev–Trinajstić information content (AvgIpc) is 2.83. The quantitative estimate of drug-likeness (QED) is 0.620. The molecule has 2 N–H and O–H groups in total. The number of hydrogen-bond donors (Lipinski definition) is 2. The van der Waals surface area contributed by atoms with E-state index >= 15 is 0 Å². The molecule has 0 saturated heterocycles. The zero-order chi connectivity index (χ0) is 16.1. The van der Waals surface area contributed by atoms with Crippen molar-refractivity contribution in [3.8, 4) is 0 Å². The molecular formula is C13H15N5O4. The minimum atomic E-state index is -0.554. The summed E-state index contributed by atoms with van der Waals surface area (Å²) in [6, 6.07) is 6.74. The fourth-order valence-corrected chi connectivity index (χ4v) is 1.80. The van der Waals surface area contributed by atoms with Crippen molar-refractivity contribution in [2.24, 2.45) is 7.05 Å². The molecule has 1 aromatic carbocycles. The lowest BCUT2D eigenvalue weighted by Crippen LogP contribution is -2.16. The van der Waals surface area contributed by atoms with Gasteiger partial charge in [0.2, 0.25) is 18.1 Å². The Morgan fingerprint density at radius 2 is 2.00 bits per heavy atom. The number of rotatable bonds is 6. The number of imidazole rings is 1. The molecule has 9 nitrogen and oxygen atoms in total. The van der Waals surface area contributed by atoms with Crippen LogP contribution in [-0.4, -0.2) is 34.1 Å². The van der Waals surface area contributed by atoms with Crippen molar-refractivity contribution in [2.45, 2.75) is 0 Å².